The van der Waals surface area contributed by atoms with Gasteiger partial charge in [0, 0.05) is 5.39 Å². The Hall–Kier alpha value is -3.06. The van der Waals surface area contributed by atoms with Crippen molar-refractivity contribution in [1.29, 1.82) is 0 Å². The van der Waals surface area contributed by atoms with Gasteiger partial charge in [0.25, 0.3) is 20.2 Å². The van der Waals surface area contributed by atoms with E-state index < -0.39 is 46.9 Å². The molecule has 0 amide bonds. The highest BCUT2D eigenvalue weighted by Crippen LogP contribution is 2.43. The van der Waals surface area contributed by atoms with Crippen molar-refractivity contribution in [2.45, 2.75) is 23.6 Å². The Kier molecular flexibility index (Phi) is 5.28. The number of phenols is 1. The second-order valence-electron chi connectivity index (χ2n) is 6.58. The van der Waals surface area contributed by atoms with Crippen LogP contribution in [-0.4, -0.2) is 31.0 Å². The van der Waals surface area contributed by atoms with Gasteiger partial charge < -0.3 is 10.8 Å². The number of aryl methyl sites for hydroxylation is 2. The van der Waals surface area contributed by atoms with Crippen molar-refractivity contribution < 1.29 is 31.0 Å². The highest BCUT2D eigenvalue weighted by atomic mass is 32.2. The molecule has 0 fully saturated rings. The Morgan fingerprint density at radius 3 is 1.97 bits per heavy atom. The zero-order valence-corrected chi connectivity index (χ0v) is 17.4. The molecule has 0 heterocycles. The number of phenolic OH excluding ortho intramolecular Hbond substituents is 1. The van der Waals surface area contributed by atoms with E-state index in [2.05, 4.69) is 10.2 Å². The summed E-state index contributed by atoms with van der Waals surface area (Å²) in [6.07, 6.45) is 0. The monoisotopic (exact) mass is 451 g/mol. The van der Waals surface area contributed by atoms with Crippen LogP contribution in [0.5, 0.6) is 5.75 Å². The van der Waals surface area contributed by atoms with Gasteiger partial charge in [-0.05, 0) is 37.6 Å². The molecular weight excluding hydrogens is 434 g/mol. The summed E-state index contributed by atoms with van der Waals surface area (Å²) in [5.41, 5.74) is 7.39. The summed E-state index contributed by atoms with van der Waals surface area (Å²) < 4.78 is 65.5. The minimum Gasteiger partial charge on any atom is -0.505 e. The lowest BCUT2D eigenvalue weighted by atomic mass is 10.1. The van der Waals surface area contributed by atoms with Crippen molar-refractivity contribution in [3.8, 4) is 5.75 Å². The molecule has 10 nitrogen and oxygen atoms in total. The smallest absolute Gasteiger partial charge is 0.296 e. The summed E-state index contributed by atoms with van der Waals surface area (Å²) in [7, 11) is -9.89. The van der Waals surface area contributed by atoms with Crippen LogP contribution in [0.1, 0.15) is 11.1 Å². The molecule has 30 heavy (non-hydrogen) atoms. The summed E-state index contributed by atoms with van der Waals surface area (Å²) in [5.74, 6) is -0.672. The van der Waals surface area contributed by atoms with Crippen molar-refractivity contribution in [2.75, 3.05) is 5.73 Å². The maximum atomic E-state index is 11.7. The number of fused-ring (bicyclic) bond motifs is 1. The first-order valence-electron chi connectivity index (χ1n) is 8.33. The third kappa shape index (κ3) is 3.98. The number of hydrogen-bond acceptors (Lipinski definition) is 8. The zero-order chi connectivity index (χ0) is 22.4. The number of nitrogen functional groups attached to an aromatic ring is 1. The number of nitrogens with zero attached hydrogens (tertiary/aromatic N) is 2. The number of aromatic hydroxyl groups is 1. The number of azo groups is 1. The van der Waals surface area contributed by atoms with Gasteiger partial charge in [0.05, 0.1) is 16.8 Å². The number of nitrogens with two attached hydrogens (primary N) is 1. The molecule has 0 aliphatic rings. The van der Waals surface area contributed by atoms with Gasteiger partial charge in [-0.15, -0.1) is 5.11 Å². The Bertz CT molecular complexity index is 1430. The third-order valence-corrected chi connectivity index (χ3v) is 6.18. The molecule has 0 atom stereocenters. The molecule has 0 radical (unpaired) electrons. The Balaban J connectivity index is 2.32. The van der Waals surface area contributed by atoms with E-state index in [1.165, 1.54) is 12.1 Å². The minimum atomic E-state index is -4.97. The SMILES string of the molecule is Cc1ccc(N=Nc2ccc3c(S(=O)(=O)O)cc(S(=O)(=O)O)c(N)c3c2O)c(C)c1. The number of benzene rings is 3. The van der Waals surface area contributed by atoms with E-state index in [0.717, 1.165) is 11.1 Å². The van der Waals surface area contributed by atoms with Crippen LogP contribution in [0.2, 0.25) is 0 Å². The standard InChI is InChI=1S/C18H17N3O7S2/c1-9-3-5-12(10(2)7-9)20-21-13-6-4-11-14(29(23,24)25)8-15(30(26,27)28)17(19)16(11)18(13)22/h3-8,22H,19H2,1-2H3,(H,23,24,25)(H,26,27,28). The largest absolute Gasteiger partial charge is 0.505 e. The molecule has 0 unspecified atom stereocenters. The summed E-state index contributed by atoms with van der Waals surface area (Å²) in [5, 5.41) is 17.9. The van der Waals surface area contributed by atoms with Crippen LogP contribution in [0.4, 0.5) is 17.1 Å². The quantitative estimate of drug-likeness (QED) is 0.263. The molecule has 12 heteroatoms. The first-order valence-corrected chi connectivity index (χ1v) is 11.2. The predicted molar refractivity (Wildman–Crippen MR) is 110 cm³/mol. The topological polar surface area (TPSA) is 180 Å². The molecule has 3 rings (SSSR count). The van der Waals surface area contributed by atoms with E-state index in [9.17, 15) is 31.0 Å². The molecule has 0 aliphatic heterocycles. The van der Waals surface area contributed by atoms with Gasteiger partial charge in [-0.25, -0.2) is 0 Å². The molecule has 0 aromatic heterocycles. The van der Waals surface area contributed by atoms with Gasteiger partial charge >= 0.3 is 0 Å². The predicted octanol–water partition coefficient (Wildman–Crippen LogP) is 3.65. The highest BCUT2D eigenvalue weighted by Gasteiger charge is 2.26. The van der Waals surface area contributed by atoms with Gasteiger partial charge in [-0.1, -0.05) is 23.8 Å². The molecule has 0 spiro atoms. The molecule has 3 aromatic rings. The van der Waals surface area contributed by atoms with Crippen molar-refractivity contribution in [3.63, 3.8) is 0 Å². The number of hydrogen-bond donors (Lipinski definition) is 4. The maximum absolute atomic E-state index is 11.7. The van der Waals surface area contributed by atoms with Crippen molar-refractivity contribution in [3.05, 3.63) is 47.5 Å². The minimum absolute atomic E-state index is 0.136. The molecule has 0 bridgehead atoms. The van der Waals surface area contributed by atoms with Gasteiger partial charge in [0.1, 0.15) is 15.5 Å². The van der Waals surface area contributed by atoms with Crippen LogP contribution in [0, 0.1) is 13.8 Å². The van der Waals surface area contributed by atoms with E-state index in [4.69, 9.17) is 5.73 Å². The first kappa shape index (κ1) is 21.6. The lowest BCUT2D eigenvalue weighted by molar-refractivity contribution is 0.481. The third-order valence-electron chi connectivity index (χ3n) is 4.39. The zero-order valence-electron chi connectivity index (χ0n) is 15.7. The average Bonchev–Trinajstić information content (AvgIpc) is 2.60. The van der Waals surface area contributed by atoms with Crippen LogP contribution in [0.25, 0.3) is 10.8 Å². The van der Waals surface area contributed by atoms with Crippen molar-refractivity contribution in [1.82, 2.24) is 0 Å². The van der Waals surface area contributed by atoms with Crippen LogP contribution in [0.3, 0.4) is 0 Å². The summed E-state index contributed by atoms with van der Waals surface area (Å²) in [6, 6.07) is 8.33. The second-order valence-corrected chi connectivity index (χ2v) is 9.36. The van der Waals surface area contributed by atoms with Crippen LogP contribution in [0.15, 0.2) is 56.4 Å². The molecule has 0 saturated carbocycles. The maximum Gasteiger partial charge on any atom is 0.296 e. The summed E-state index contributed by atoms with van der Waals surface area (Å²) in [6.45, 7) is 3.72. The average molecular weight is 451 g/mol. The van der Waals surface area contributed by atoms with Crippen molar-refractivity contribution >= 4 is 48.1 Å². The highest BCUT2D eigenvalue weighted by molar-refractivity contribution is 7.87. The molecule has 5 N–H and O–H groups in total. The molecule has 0 aliphatic carbocycles. The Morgan fingerprint density at radius 2 is 1.40 bits per heavy atom. The fraction of sp³-hybridized carbons (Fsp3) is 0.111. The molecule has 0 saturated heterocycles. The lowest BCUT2D eigenvalue weighted by Crippen LogP contribution is -2.08. The molecule has 3 aromatic carbocycles. The summed E-state index contributed by atoms with van der Waals surface area (Å²) >= 11 is 0. The fourth-order valence-electron chi connectivity index (χ4n) is 2.99. The van der Waals surface area contributed by atoms with Gasteiger partial charge in [-0.2, -0.15) is 21.9 Å². The fourth-order valence-corrected chi connectivity index (χ4v) is 4.42. The summed E-state index contributed by atoms with van der Waals surface area (Å²) in [4.78, 5) is -1.84. The second kappa shape index (κ2) is 7.32. The van der Waals surface area contributed by atoms with Crippen LogP contribution < -0.4 is 5.73 Å². The van der Waals surface area contributed by atoms with Crippen LogP contribution in [-0.2, 0) is 20.2 Å². The molecule has 158 valence electrons. The van der Waals surface area contributed by atoms with E-state index >= 15 is 0 Å². The van der Waals surface area contributed by atoms with Crippen LogP contribution >= 0.6 is 0 Å². The first-order chi connectivity index (χ1) is 13.8. The van der Waals surface area contributed by atoms with Crippen molar-refractivity contribution in [2.24, 2.45) is 10.2 Å². The lowest BCUT2D eigenvalue weighted by Gasteiger charge is -2.13. The van der Waals surface area contributed by atoms with E-state index in [1.54, 1.807) is 6.07 Å². The normalized spacial score (nSPS) is 12.7. The Morgan fingerprint density at radius 1 is 0.833 bits per heavy atom. The molecular formula is C18H17N3O7S2. The van der Waals surface area contributed by atoms with E-state index in [-0.39, 0.29) is 11.1 Å². The van der Waals surface area contributed by atoms with E-state index in [1.807, 2.05) is 26.0 Å². The van der Waals surface area contributed by atoms with Gasteiger partial charge in [0.15, 0.2) is 5.75 Å². The van der Waals surface area contributed by atoms with Gasteiger partial charge in [0.2, 0.25) is 0 Å². The van der Waals surface area contributed by atoms with E-state index in [0.29, 0.717) is 11.8 Å². The number of rotatable bonds is 4. The van der Waals surface area contributed by atoms with Gasteiger partial charge in [-0.3, -0.25) is 9.11 Å². The Labute approximate surface area is 172 Å². The number of anilines is 1.